The Labute approximate surface area is 158 Å². The van der Waals surface area contributed by atoms with Gasteiger partial charge in [0.2, 0.25) is 5.95 Å². The summed E-state index contributed by atoms with van der Waals surface area (Å²) < 4.78 is 15.9. The van der Waals surface area contributed by atoms with Gasteiger partial charge < -0.3 is 19.1 Å². The SMILES string of the molecule is CCCN(CCOCc1ccccc1)c1nc(OC)c([N+](=O)[O-])c(OC)n1. The Balaban J connectivity index is 2.11. The van der Waals surface area contributed by atoms with E-state index in [1.54, 1.807) is 0 Å². The van der Waals surface area contributed by atoms with Gasteiger partial charge in [0, 0.05) is 13.1 Å². The fraction of sp³-hybridized carbons (Fsp3) is 0.444. The van der Waals surface area contributed by atoms with Crippen molar-refractivity contribution < 1.29 is 19.1 Å². The number of nitro groups is 1. The van der Waals surface area contributed by atoms with Crippen LogP contribution in [0, 0.1) is 10.1 Å². The lowest BCUT2D eigenvalue weighted by Crippen LogP contribution is -2.30. The second-order valence-corrected chi connectivity index (χ2v) is 5.67. The van der Waals surface area contributed by atoms with Crippen LogP contribution in [-0.2, 0) is 11.3 Å². The van der Waals surface area contributed by atoms with Crippen LogP contribution in [-0.4, -0.2) is 48.8 Å². The summed E-state index contributed by atoms with van der Waals surface area (Å²) in [6.45, 7) is 4.19. The Morgan fingerprint density at radius 1 is 1.07 bits per heavy atom. The molecular formula is C18H24N4O5. The summed E-state index contributed by atoms with van der Waals surface area (Å²) in [5.74, 6) is 0.0424. The molecule has 9 nitrogen and oxygen atoms in total. The topological polar surface area (TPSA) is 99.9 Å². The molecule has 0 aliphatic carbocycles. The quantitative estimate of drug-likeness (QED) is 0.335. The number of benzene rings is 1. The highest BCUT2D eigenvalue weighted by atomic mass is 16.6. The molecule has 0 saturated carbocycles. The number of hydrogen-bond donors (Lipinski definition) is 0. The van der Waals surface area contributed by atoms with Crippen LogP contribution in [0.15, 0.2) is 30.3 Å². The molecule has 0 atom stereocenters. The number of hydrogen-bond acceptors (Lipinski definition) is 8. The van der Waals surface area contributed by atoms with Crippen LogP contribution in [0.5, 0.6) is 11.8 Å². The minimum Gasteiger partial charge on any atom is -0.476 e. The average molecular weight is 376 g/mol. The van der Waals surface area contributed by atoms with Gasteiger partial charge in [0.1, 0.15) is 0 Å². The van der Waals surface area contributed by atoms with Gasteiger partial charge in [0.15, 0.2) is 0 Å². The van der Waals surface area contributed by atoms with Gasteiger partial charge in [-0.15, -0.1) is 0 Å². The minimum atomic E-state index is -0.616. The molecule has 0 radical (unpaired) electrons. The van der Waals surface area contributed by atoms with Crippen molar-refractivity contribution in [1.82, 2.24) is 9.97 Å². The first-order valence-corrected chi connectivity index (χ1v) is 8.61. The Bertz CT molecular complexity index is 717. The standard InChI is InChI=1S/C18H24N4O5/c1-4-10-21(11-12-27-13-14-8-6-5-7-9-14)18-19-16(25-2)15(22(23)24)17(20-18)26-3/h5-9H,4,10-13H2,1-3H3. The van der Waals surface area contributed by atoms with Crippen LogP contribution >= 0.6 is 0 Å². The molecule has 0 amide bonds. The van der Waals surface area contributed by atoms with Crippen molar-refractivity contribution in [3.8, 4) is 11.8 Å². The van der Waals surface area contributed by atoms with E-state index in [0.717, 1.165) is 12.0 Å². The average Bonchev–Trinajstić information content (AvgIpc) is 2.69. The van der Waals surface area contributed by atoms with Crippen molar-refractivity contribution in [2.75, 3.05) is 38.8 Å². The van der Waals surface area contributed by atoms with E-state index in [0.29, 0.717) is 32.3 Å². The highest BCUT2D eigenvalue weighted by Crippen LogP contribution is 2.35. The Morgan fingerprint density at radius 3 is 2.22 bits per heavy atom. The summed E-state index contributed by atoms with van der Waals surface area (Å²) in [6, 6.07) is 9.88. The molecule has 0 aliphatic rings. The molecule has 9 heteroatoms. The molecule has 27 heavy (non-hydrogen) atoms. The number of anilines is 1. The molecule has 2 aromatic rings. The van der Waals surface area contributed by atoms with Gasteiger partial charge in [-0.1, -0.05) is 37.3 Å². The smallest absolute Gasteiger partial charge is 0.392 e. The fourth-order valence-corrected chi connectivity index (χ4v) is 2.51. The van der Waals surface area contributed by atoms with Crippen molar-refractivity contribution in [2.24, 2.45) is 0 Å². The second-order valence-electron chi connectivity index (χ2n) is 5.67. The summed E-state index contributed by atoms with van der Waals surface area (Å²) in [7, 11) is 2.65. The van der Waals surface area contributed by atoms with Crippen molar-refractivity contribution in [3.05, 3.63) is 46.0 Å². The van der Waals surface area contributed by atoms with Gasteiger partial charge in [-0.05, 0) is 12.0 Å². The molecular weight excluding hydrogens is 352 g/mol. The molecule has 0 N–H and O–H groups in total. The number of aromatic nitrogens is 2. The van der Waals surface area contributed by atoms with Gasteiger partial charge in [-0.2, -0.15) is 9.97 Å². The third-order valence-electron chi connectivity index (χ3n) is 3.77. The van der Waals surface area contributed by atoms with Crippen molar-refractivity contribution in [3.63, 3.8) is 0 Å². The summed E-state index contributed by atoms with van der Waals surface area (Å²) >= 11 is 0. The minimum absolute atomic E-state index is 0.131. The van der Waals surface area contributed by atoms with Gasteiger partial charge in [0.25, 0.3) is 0 Å². The van der Waals surface area contributed by atoms with Crippen molar-refractivity contribution in [1.29, 1.82) is 0 Å². The van der Waals surface area contributed by atoms with E-state index >= 15 is 0 Å². The molecule has 0 fully saturated rings. The molecule has 2 rings (SSSR count). The highest BCUT2D eigenvalue weighted by Gasteiger charge is 2.28. The fourth-order valence-electron chi connectivity index (χ4n) is 2.51. The van der Waals surface area contributed by atoms with Crippen LogP contribution in [0.3, 0.4) is 0 Å². The van der Waals surface area contributed by atoms with Gasteiger partial charge in [0.05, 0.1) is 32.4 Å². The van der Waals surface area contributed by atoms with E-state index < -0.39 is 4.92 Å². The third-order valence-corrected chi connectivity index (χ3v) is 3.77. The predicted molar refractivity (Wildman–Crippen MR) is 100 cm³/mol. The van der Waals surface area contributed by atoms with E-state index in [4.69, 9.17) is 14.2 Å². The zero-order valence-electron chi connectivity index (χ0n) is 15.8. The van der Waals surface area contributed by atoms with E-state index in [1.807, 2.05) is 42.2 Å². The van der Waals surface area contributed by atoms with Crippen molar-refractivity contribution in [2.45, 2.75) is 20.0 Å². The lowest BCUT2D eigenvalue weighted by atomic mass is 10.2. The summed E-state index contributed by atoms with van der Waals surface area (Å²) in [5, 5.41) is 11.2. The lowest BCUT2D eigenvalue weighted by Gasteiger charge is -2.22. The van der Waals surface area contributed by atoms with Gasteiger partial charge in [-0.25, -0.2) is 0 Å². The van der Waals surface area contributed by atoms with E-state index in [-0.39, 0.29) is 17.4 Å². The van der Waals surface area contributed by atoms with Crippen LogP contribution in [0.25, 0.3) is 0 Å². The molecule has 1 aromatic carbocycles. The van der Waals surface area contributed by atoms with Crippen LogP contribution in [0.2, 0.25) is 0 Å². The van der Waals surface area contributed by atoms with E-state index in [2.05, 4.69) is 9.97 Å². The molecule has 1 heterocycles. The van der Waals surface area contributed by atoms with E-state index in [9.17, 15) is 10.1 Å². The Kier molecular flexibility index (Phi) is 7.75. The van der Waals surface area contributed by atoms with Gasteiger partial charge in [-0.3, -0.25) is 10.1 Å². The van der Waals surface area contributed by atoms with Crippen LogP contribution in [0.4, 0.5) is 11.6 Å². The molecule has 146 valence electrons. The largest absolute Gasteiger partial charge is 0.476 e. The summed E-state index contributed by atoms with van der Waals surface area (Å²) in [4.78, 5) is 20.9. The first-order valence-electron chi connectivity index (χ1n) is 8.61. The molecule has 0 saturated heterocycles. The Morgan fingerprint density at radius 2 is 1.70 bits per heavy atom. The normalized spacial score (nSPS) is 10.5. The third kappa shape index (κ3) is 5.52. The van der Waals surface area contributed by atoms with Crippen molar-refractivity contribution >= 4 is 11.6 Å². The first-order chi connectivity index (χ1) is 13.1. The van der Waals surface area contributed by atoms with Crippen LogP contribution in [0.1, 0.15) is 18.9 Å². The maximum absolute atomic E-state index is 11.2. The maximum Gasteiger partial charge on any atom is 0.392 e. The zero-order valence-corrected chi connectivity index (χ0v) is 15.8. The van der Waals surface area contributed by atoms with Gasteiger partial charge >= 0.3 is 17.4 Å². The number of nitrogens with zero attached hydrogens (tertiary/aromatic N) is 4. The first kappa shape index (κ1) is 20.4. The lowest BCUT2D eigenvalue weighted by molar-refractivity contribution is -0.387. The molecule has 0 aliphatic heterocycles. The molecule has 1 aromatic heterocycles. The number of ether oxygens (including phenoxy) is 3. The predicted octanol–water partition coefficient (Wildman–Crippen LogP) is 2.84. The second kappa shape index (κ2) is 10.3. The monoisotopic (exact) mass is 376 g/mol. The van der Waals surface area contributed by atoms with Crippen LogP contribution < -0.4 is 14.4 Å². The molecule has 0 spiro atoms. The maximum atomic E-state index is 11.2. The number of rotatable bonds is 11. The molecule has 0 bridgehead atoms. The zero-order chi connectivity index (χ0) is 19.6. The summed E-state index contributed by atoms with van der Waals surface area (Å²) in [5.41, 5.74) is 0.704. The Hall–Kier alpha value is -2.94. The summed E-state index contributed by atoms with van der Waals surface area (Å²) in [6.07, 6.45) is 0.851. The molecule has 0 unspecified atom stereocenters. The highest BCUT2D eigenvalue weighted by molar-refractivity contribution is 5.54. The number of methoxy groups -OCH3 is 2. The van der Waals surface area contributed by atoms with E-state index in [1.165, 1.54) is 14.2 Å².